The molecule has 0 aliphatic carbocycles. The minimum atomic E-state index is -0.571. The van der Waals surface area contributed by atoms with Crippen LogP contribution in [-0.4, -0.2) is 31.4 Å². The number of benzene rings is 1. The number of carbonyl (C=O) groups excluding carboxylic acids is 1. The third-order valence-electron chi connectivity index (χ3n) is 5.04. The van der Waals surface area contributed by atoms with Crippen molar-refractivity contribution < 1.29 is 19.0 Å². The van der Waals surface area contributed by atoms with Crippen molar-refractivity contribution in [3.05, 3.63) is 77.1 Å². The number of esters is 1. The van der Waals surface area contributed by atoms with Gasteiger partial charge in [-0.3, -0.25) is 9.36 Å². The van der Waals surface area contributed by atoms with Crippen molar-refractivity contribution in [2.24, 2.45) is 4.99 Å². The molecular weight excluding hydrogens is 448 g/mol. The van der Waals surface area contributed by atoms with Crippen LogP contribution in [0.5, 0.6) is 11.5 Å². The summed E-state index contributed by atoms with van der Waals surface area (Å²) in [6, 6.07) is 8.70. The Kier molecular flexibility index (Phi) is 6.29. The number of aromatic nitrogens is 1. The first-order valence-electron chi connectivity index (χ1n) is 9.93. The molecule has 1 aromatic carbocycles. The van der Waals surface area contributed by atoms with Crippen molar-refractivity contribution in [1.82, 2.24) is 4.57 Å². The van der Waals surface area contributed by atoms with Crippen LogP contribution in [0.4, 0.5) is 0 Å². The molecule has 0 radical (unpaired) electrons. The van der Waals surface area contributed by atoms with E-state index in [4.69, 9.17) is 14.2 Å². The predicted octanol–water partition coefficient (Wildman–Crippen LogP) is 2.88. The molecule has 0 unspecified atom stereocenters. The predicted molar refractivity (Wildman–Crippen MR) is 124 cm³/mol. The number of hydrogen-bond acceptors (Lipinski definition) is 8. The molecule has 7 nitrogen and oxygen atoms in total. The third kappa shape index (κ3) is 3.89. The average molecular weight is 471 g/mol. The lowest BCUT2D eigenvalue weighted by atomic mass is 10.0. The SMILES string of the molecule is CCOC(=O)C1=C(C)N=c2s/c(=C/c3ccc(OC)c(OC)c3)c(=O)n2[C@@H]1c1cccs1. The number of nitrogens with zero attached hydrogens (tertiary/aromatic N) is 2. The molecule has 1 aliphatic rings. The van der Waals surface area contributed by atoms with Gasteiger partial charge in [0.25, 0.3) is 5.56 Å². The second kappa shape index (κ2) is 9.13. The average Bonchev–Trinajstić information content (AvgIpc) is 3.41. The first-order valence-corrected chi connectivity index (χ1v) is 11.6. The van der Waals surface area contributed by atoms with Gasteiger partial charge >= 0.3 is 5.97 Å². The third-order valence-corrected chi connectivity index (χ3v) is 6.94. The van der Waals surface area contributed by atoms with Crippen LogP contribution in [-0.2, 0) is 9.53 Å². The normalized spacial score (nSPS) is 15.9. The Balaban J connectivity index is 1.90. The van der Waals surface area contributed by atoms with Crippen LogP contribution in [0.25, 0.3) is 6.08 Å². The van der Waals surface area contributed by atoms with E-state index >= 15 is 0 Å². The molecule has 0 fully saturated rings. The molecule has 0 bridgehead atoms. The largest absolute Gasteiger partial charge is 0.493 e. The Morgan fingerprint density at radius 1 is 1.22 bits per heavy atom. The molecule has 32 heavy (non-hydrogen) atoms. The summed E-state index contributed by atoms with van der Waals surface area (Å²) in [5.41, 5.74) is 1.53. The summed E-state index contributed by atoms with van der Waals surface area (Å²) in [6.45, 7) is 3.78. The number of methoxy groups -OCH3 is 2. The second-order valence-electron chi connectivity index (χ2n) is 6.93. The molecule has 0 amide bonds. The molecule has 166 valence electrons. The molecule has 0 saturated carbocycles. The Morgan fingerprint density at radius 3 is 2.66 bits per heavy atom. The minimum Gasteiger partial charge on any atom is -0.493 e. The summed E-state index contributed by atoms with van der Waals surface area (Å²) in [4.78, 5) is 32.3. The van der Waals surface area contributed by atoms with Gasteiger partial charge in [0.05, 0.1) is 36.6 Å². The minimum absolute atomic E-state index is 0.212. The lowest BCUT2D eigenvalue weighted by molar-refractivity contribution is -0.139. The van der Waals surface area contributed by atoms with Gasteiger partial charge in [0.1, 0.15) is 6.04 Å². The molecule has 3 heterocycles. The van der Waals surface area contributed by atoms with E-state index in [1.54, 1.807) is 44.8 Å². The zero-order valence-electron chi connectivity index (χ0n) is 18.1. The van der Waals surface area contributed by atoms with Gasteiger partial charge in [-0.2, -0.15) is 0 Å². The zero-order chi connectivity index (χ0) is 22.8. The molecule has 0 saturated heterocycles. The highest BCUT2D eigenvalue weighted by molar-refractivity contribution is 7.10. The number of fused-ring (bicyclic) bond motifs is 1. The van der Waals surface area contributed by atoms with Crippen LogP contribution < -0.4 is 24.4 Å². The zero-order valence-corrected chi connectivity index (χ0v) is 19.7. The number of thiophene rings is 1. The van der Waals surface area contributed by atoms with E-state index in [1.807, 2.05) is 29.6 Å². The van der Waals surface area contributed by atoms with Crippen molar-refractivity contribution in [3.8, 4) is 11.5 Å². The molecule has 1 aliphatic heterocycles. The van der Waals surface area contributed by atoms with E-state index in [-0.39, 0.29) is 12.2 Å². The van der Waals surface area contributed by atoms with Gasteiger partial charge in [-0.25, -0.2) is 9.79 Å². The van der Waals surface area contributed by atoms with Gasteiger partial charge in [-0.1, -0.05) is 23.5 Å². The monoisotopic (exact) mass is 470 g/mol. The number of allylic oxidation sites excluding steroid dienone is 1. The quantitative estimate of drug-likeness (QED) is 0.518. The fourth-order valence-electron chi connectivity index (χ4n) is 3.60. The van der Waals surface area contributed by atoms with E-state index in [1.165, 1.54) is 22.7 Å². The molecule has 1 atom stereocenters. The summed E-state index contributed by atoms with van der Waals surface area (Å²) in [5.74, 6) is 0.728. The summed E-state index contributed by atoms with van der Waals surface area (Å²) < 4.78 is 18.0. The van der Waals surface area contributed by atoms with E-state index in [0.29, 0.717) is 32.1 Å². The molecule has 0 spiro atoms. The highest BCUT2D eigenvalue weighted by Gasteiger charge is 2.33. The van der Waals surface area contributed by atoms with E-state index in [0.717, 1.165) is 10.4 Å². The van der Waals surface area contributed by atoms with Crippen LogP contribution in [0.15, 0.2) is 56.8 Å². The van der Waals surface area contributed by atoms with Gasteiger partial charge in [-0.15, -0.1) is 11.3 Å². The van der Waals surface area contributed by atoms with Crippen molar-refractivity contribution in [1.29, 1.82) is 0 Å². The van der Waals surface area contributed by atoms with E-state index in [9.17, 15) is 9.59 Å². The fourth-order valence-corrected chi connectivity index (χ4v) is 5.47. The maximum absolute atomic E-state index is 13.5. The maximum Gasteiger partial charge on any atom is 0.338 e. The molecule has 0 N–H and O–H groups in total. The van der Waals surface area contributed by atoms with Gasteiger partial charge in [0, 0.05) is 4.88 Å². The van der Waals surface area contributed by atoms with Crippen molar-refractivity contribution >= 4 is 34.7 Å². The Labute approximate surface area is 192 Å². The summed E-state index contributed by atoms with van der Waals surface area (Å²) in [7, 11) is 3.14. The maximum atomic E-state index is 13.5. The fraction of sp³-hybridized carbons (Fsp3) is 0.261. The lowest BCUT2D eigenvalue weighted by Crippen LogP contribution is -2.39. The van der Waals surface area contributed by atoms with Crippen LogP contribution in [0.2, 0.25) is 0 Å². The lowest BCUT2D eigenvalue weighted by Gasteiger charge is -2.23. The molecular formula is C23H22N2O5S2. The van der Waals surface area contributed by atoms with Gasteiger partial charge in [0.2, 0.25) is 0 Å². The number of rotatable bonds is 6. The van der Waals surface area contributed by atoms with Gasteiger partial charge in [0.15, 0.2) is 16.3 Å². The number of carbonyl (C=O) groups is 1. The first kappa shape index (κ1) is 22.0. The van der Waals surface area contributed by atoms with E-state index < -0.39 is 12.0 Å². The smallest absolute Gasteiger partial charge is 0.338 e. The van der Waals surface area contributed by atoms with Crippen molar-refractivity contribution in [3.63, 3.8) is 0 Å². The summed E-state index contributed by atoms with van der Waals surface area (Å²) in [5, 5.41) is 1.92. The number of ether oxygens (including phenoxy) is 3. The second-order valence-corrected chi connectivity index (χ2v) is 8.92. The van der Waals surface area contributed by atoms with Crippen molar-refractivity contribution in [2.45, 2.75) is 19.9 Å². The first-order chi connectivity index (χ1) is 15.5. The standard InChI is InChI=1S/C23H22N2O5S2/c1-5-30-22(27)19-13(2)24-23-25(20(19)17-7-6-10-31-17)21(26)18(32-23)12-14-8-9-15(28-3)16(11-14)29-4/h6-12,20H,5H2,1-4H3/b18-12+/t20-/m1/s1. The van der Waals surface area contributed by atoms with Crippen LogP contribution >= 0.6 is 22.7 Å². The highest BCUT2D eigenvalue weighted by Crippen LogP contribution is 2.33. The number of thiazole rings is 1. The highest BCUT2D eigenvalue weighted by atomic mass is 32.1. The van der Waals surface area contributed by atoms with Crippen LogP contribution in [0, 0.1) is 0 Å². The van der Waals surface area contributed by atoms with Crippen molar-refractivity contribution in [2.75, 3.05) is 20.8 Å². The van der Waals surface area contributed by atoms with Crippen LogP contribution in [0.3, 0.4) is 0 Å². The number of hydrogen-bond donors (Lipinski definition) is 0. The molecule has 3 aromatic rings. The molecule has 4 rings (SSSR count). The van der Waals surface area contributed by atoms with E-state index in [2.05, 4.69) is 4.99 Å². The topological polar surface area (TPSA) is 79.1 Å². The Morgan fingerprint density at radius 2 is 2.00 bits per heavy atom. The van der Waals surface area contributed by atoms with Gasteiger partial charge < -0.3 is 14.2 Å². The Hall–Kier alpha value is -3.17. The molecule has 2 aromatic heterocycles. The molecule has 9 heteroatoms. The van der Waals surface area contributed by atoms with Crippen LogP contribution in [0.1, 0.15) is 30.3 Å². The summed E-state index contributed by atoms with van der Waals surface area (Å²) >= 11 is 2.77. The summed E-state index contributed by atoms with van der Waals surface area (Å²) in [6.07, 6.45) is 1.79. The Bertz CT molecular complexity index is 1370. The van der Waals surface area contributed by atoms with Gasteiger partial charge in [-0.05, 0) is 49.1 Å².